The van der Waals surface area contributed by atoms with Crippen LogP contribution in [-0.2, 0) is 19.1 Å². The fourth-order valence-corrected chi connectivity index (χ4v) is 8.01. The third kappa shape index (κ3) is 29.5. The molecular formula is C49H94N3O4+. The maximum atomic E-state index is 13.0. The first-order valence-electron chi connectivity index (χ1n) is 24.6. The van der Waals surface area contributed by atoms with E-state index in [4.69, 9.17) is 9.47 Å². The van der Waals surface area contributed by atoms with Gasteiger partial charge in [0.1, 0.15) is 0 Å². The highest BCUT2D eigenvalue weighted by molar-refractivity contribution is 6.14. The Bertz CT molecular complexity index is 911. The highest BCUT2D eigenvalue weighted by Gasteiger charge is 2.22. The highest BCUT2D eigenvalue weighted by Crippen LogP contribution is 2.22. The Hall–Kier alpha value is -1.76. The molecule has 0 aromatic carbocycles. The molecule has 7 heteroatoms. The molecule has 0 aliphatic carbocycles. The van der Waals surface area contributed by atoms with Gasteiger partial charge in [-0.15, -0.1) is 0 Å². The van der Waals surface area contributed by atoms with Crippen molar-refractivity contribution in [2.45, 2.75) is 246 Å². The van der Waals surface area contributed by atoms with Crippen LogP contribution in [-0.4, -0.2) is 73.0 Å². The molecule has 3 atom stereocenters. The van der Waals surface area contributed by atoms with Crippen LogP contribution in [0.1, 0.15) is 240 Å². The molecule has 0 radical (unpaired) electrons. The number of unbranched alkanes of at least 4 members (excludes halogenated alkanes) is 22. The minimum atomic E-state index is 0.0584. The van der Waals surface area contributed by atoms with Gasteiger partial charge in [0.25, 0.3) is 0 Å². The zero-order chi connectivity index (χ0) is 40.7. The van der Waals surface area contributed by atoms with Crippen molar-refractivity contribution in [1.29, 1.82) is 0 Å². The topological polar surface area (TPSA) is 71.2 Å². The van der Waals surface area contributed by atoms with Crippen molar-refractivity contribution in [2.24, 2.45) is 16.8 Å². The van der Waals surface area contributed by atoms with Gasteiger partial charge in [0.2, 0.25) is 12.8 Å². The SMILES string of the molecule is CCCCCCCCC(CCCCCC)C(=O)OCCCCCCN(CCCCCCOC(=O)C(CCCCCC)CCCCCCCC)C[N+]1=CC=NC1C. The summed E-state index contributed by atoms with van der Waals surface area (Å²) in [6, 6.07) is 0. The minimum Gasteiger partial charge on any atom is -0.465 e. The van der Waals surface area contributed by atoms with E-state index < -0.39 is 0 Å². The zero-order valence-electron chi connectivity index (χ0n) is 38.0. The first-order valence-corrected chi connectivity index (χ1v) is 24.6. The summed E-state index contributed by atoms with van der Waals surface area (Å²) in [5.74, 6) is 0.297. The number of rotatable bonds is 42. The van der Waals surface area contributed by atoms with Gasteiger partial charge in [-0.25, -0.2) is 9.89 Å². The Morgan fingerprint density at radius 2 is 0.857 bits per heavy atom. The van der Waals surface area contributed by atoms with Crippen LogP contribution in [0.25, 0.3) is 0 Å². The summed E-state index contributed by atoms with van der Waals surface area (Å²) in [6.45, 7) is 15.4. The largest absolute Gasteiger partial charge is 0.465 e. The van der Waals surface area contributed by atoms with Crippen molar-refractivity contribution in [1.82, 2.24) is 4.90 Å². The summed E-state index contributed by atoms with van der Waals surface area (Å²) in [4.78, 5) is 33.2. The standard InChI is InChI=1S/C49H94N3O4/c1-6-10-14-18-20-28-36-46(34-26-16-12-8-3)48(53)55-42-32-24-22-30-39-51(44-52-41-38-50-45(52)5)40-31-23-25-33-43-56-49(54)47(35-27-17-13-9-4)37-29-21-19-15-11-7-2/h38,41,45-47H,6-37,39-40,42-44H2,1-5H3/q+1. The third-order valence-electron chi connectivity index (χ3n) is 11.9. The van der Waals surface area contributed by atoms with Crippen molar-refractivity contribution in [3.63, 3.8) is 0 Å². The Labute approximate surface area is 348 Å². The molecule has 1 rings (SSSR count). The van der Waals surface area contributed by atoms with Crippen LogP contribution >= 0.6 is 0 Å². The third-order valence-corrected chi connectivity index (χ3v) is 11.9. The smallest absolute Gasteiger partial charge is 0.308 e. The number of hydrogen-bond donors (Lipinski definition) is 0. The maximum absolute atomic E-state index is 13.0. The second kappa shape index (κ2) is 38.7. The molecule has 56 heavy (non-hydrogen) atoms. The molecule has 1 aliphatic rings. The number of ether oxygens (including phenoxy) is 2. The van der Waals surface area contributed by atoms with Crippen LogP contribution in [0.2, 0.25) is 0 Å². The minimum absolute atomic E-state index is 0.0584. The van der Waals surface area contributed by atoms with Crippen LogP contribution in [0.4, 0.5) is 0 Å². The molecule has 0 fully saturated rings. The molecule has 328 valence electrons. The lowest BCUT2D eigenvalue weighted by Gasteiger charge is -2.21. The van der Waals surface area contributed by atoms with E-state index in [0.29, 0.717) is 13.2 Å². The van der Waals surface area contributed by atoms with Gasteiger partial charge in [-0.2, -0.15) is 4.58 Å². The van der Waals surface area contributed by atoms with Gasteiger partial charge >= 0.3 is 11.9 Å². The number of hydrogen-bond acceptors (Lipinski definition) is 6. The lowest BCUT2D eigenvalue weighted by atomic mass is 9.94. The van der Waals surface area contributed by atoms with Gasteiger partial charge in [0.05, 0.1) is 31.3 Å². The van der Waals surface area contributed by atoms with Crippen LogP contribution in [0.15, 0.2) is 4.99 Å². The summed E-state index contributed by atoms with van der Waals surface area (Å²) < 4.78 is 14.0. The summed E-state index contributed by atoms with van der Waals surface area (Å²) in [5.41, 5.74) is 0. The molecule has 0 bridgehead atoms. The van der Waals surface area contributed by atoms with Gasteiger partial charge in [0.15, 0.2) is 6.21 Å². The fourth-order valence-electron chi connectivity index (χ4n) is 8.01. The predicted molar refractivity (Wildman–Crippen MR) is 240 cm³/mol. The second-order valence-corrected chi connectivity index (χ2v) is 17.2. The lowest BCUT2D eigenvalue weighted by Crippen LogP contribution is -2.36. The zero-order valence-corrected chi connectivity index (χ0v) is 38.0. The normalized spacial score (nSPS) is 15.0. The molecule has 0 amide bonds. The second-order valence-electron chi connectivity index (χ2n) is 17.2. The Balaban J connectivity index is 2.37. The molecule has 0 N–H and O–H groups in total. The average molecular weight is 789 g/mol. The predicted octanol–water partition coefficient (Wildman–Crippen LogP) is 13.6. The summed E-state index contributed by atoms with van der Waals surface area (Å²) >= 11 is 0. The van der Waals surface area contributed by atoms with Crippen LogP contribution < -0.4 is 0 Å². The van der Waals surface area contributed by atoms with Crippen molar-refractivity contribution >= 4 is 24.4 Å². The first kappa shape index (κ1) is 52.3. The number of carbonyl (C=O) groups is 2. The lowest BCUT2D eigenvalue weighted by molar-refractivity contribution is -0.571. The average Bonchev–Trinajstić information content (AvgIpc) is 3.61. The quantitative estimate of drug-likeness (QED) is 0.0350. The summed E-state index contributed by atoms with van der Waals surface area (Å²) in [5, 5.41) is 0. The molecule has 1 aliphatic heterocycles. The van der Waals surface area contributed by atoms with Crippen molar-refractivity contribution in [3.05, 3.63) is 0 Å². The molecule has 3 unspecified atom stereocenters. The van der Waals surface area contributed by atoms with E-state index >= 15 is 0 Å². The van der Waals surface area contributed by atoms with Gasteiger partial charge in [-0.05, 0) is 51.4 Å². The first-order chi connectivity index (χ1) is 27.5. The van der Waals surface area contributed by atoms with E-state index in [1.54, 1.807) is 0 Å². The Morgan fingerprint density at radius 1 is 0.518 bits per heavy atom. The Kier molecular flexibility index (Phi) is 36.2. The van der Waals surface area contributed by atoms with E-state index in [-0.39, 0.29) is 29.9 Å². The van der Waals surface area contributed by atoms with E-state index in [0.717, 1.165) is 122 Å². The number of carbonyl (C=O) groups excluding carboxylic acids is 2. The number of esters is 2. The van der Waals surface area contributed by atoms with Gasteiger partial charge < -0.3 is 9.47 Å². The van der Waals surface area contributed by atoms with E-state index in [2.05, 4.69) is 55.3 Å². The van der Waals surface area contributed by atoms with Gasteiger partial charge in [-0.3, -0.25) is 9.59 Å². The van der Waals surface area contributed by atoms with E-state index in [9.17, 15) is 9.59 Å². The van der Waals surface area contributed by atoms with Crippen LogP contribution in [0.5, 0.6) is 0 Å². The molecule has 0 spiro atoms. The molecule has 0 saturated heterocycles. The fraction of sp³-hybridized carbons (Fsp3) is 0.918. The van der Waals surface area contributed by atoms with E-state index in [1.807, 2.05) is 6.21 Å². The summed E-state index contributed by atoms with van der Waals surface area (Å²) in [7, 11) is 0. The van der Waals surface area contributed by atoms with Gasteiger partial charge in [-0.1, -0.05) is 182 Å². The van der Waals surface area contributed by atoms with Crippen LogP contribution in [0.3, 0.4) is 0 Å². The molecule has 0 aromatic heterocycles. The maximum Gasteiger partial charge on any atom is 0.308 e. The number of nitrogens with zero attached hydrogens (tertiary/aromatic N) is 3. The molecule has 7 nitrogen and oxygen atoms in total. The van der Waals surface area contributed by atoms with Gasteiger partial charge in [0, 0.05) is 20.0 Å². The summed E-state index contributed by atoms with van der Waals surface area (Å²) in [6.07, 6.45) is 42.0. The molecule has 0 saturated carbocycles. The van der Waals surface area contributed by atoms with E-state index in [1.165, 1.54) is 103 Å². The molecule has 0 aromatic rings. The highest BCUT2D eigenvalue weighted by atomic mass is 16.5. The van der Waals surface area contributed by atoms with Crippen LogP contribution in [0, 0.1) is 11.8 Å². The van der Waals surface area contributed by atoms with Crippen molar-refractivity contribution in [2.75, 3.05) is 33.0 Å². The monoisotopic (exact) mass is 789 g/mol. The number of aliphatic imine (C=N–C) groups is 1. The molecule has 1 heterocycles. The Morgan fingerprint density at radius 3 is 1.23 bits per heavy atom. The van der Waals surface area contributed by atoms with Crippen molar-refractivity contribution < 1.29 is 23.6 Å². The molecular weight excluding hydrogens is 695 g/mol. The van der Waals surface area contributed by atoms with Crippen molar-refractivity contribution in [3.8, 4) is 0 Å².